The average Bonchev–Trinajstić information content (AvgIpc) is 2.74. The van der Waals surface area contributed by atoms with Gasteiger partial charge in [-0.1, -0.05) is 30.3 Å². The van der Waals surface area contributed by atoms with E-state index in [0.717, 1.165) is 0 Å². The van der Waals surface area contributed by atoms with Gasteiger partial charge in [0.1, 0.15) is 0 Å². The van der Waals surface area contributed by atoms with Gasteiger partial charge in [0, 0.05) is 0 Å². The Bertz CT molecular complexity index is 455. The summed E-state index contributed by atoms with van der Waals surface area (Å²) in [5, 5.41) is 24.9. The minimum atomic E-state index is -1.41. The van der Waals surface area contributed by atoms with Crippen molar-refractivity contribution in [1.82, 2.24) is 0 Å². The van der Waals surface area contributed by atoms with E-state index in [4.69, 9.17) is 10.2 Å². The molecule has 1 aromatic carbocycles. The molecule has 0 fully saturated rings. The van der Waals surface area contributed by atoms with Crippen LogP contribution < -0.4 is 0 Å². The van der Waals surface area contributed by atoms with Gasteiger partial charge >= 0.3 is 5.97 Å². The minimum Gasteiger partial charge on any atom is -0.479 e. The van der Waals surface area contributed by atoms with E-state index >= 15 is 0 Å². The van der Waals surface area contributed by atoms with Crippen LogP contribution in [-0.2, 0) is 4.79 Å². The minimum absolute atomic E-state index is 0.333. The molecule has 5 heteroatoms. The molecule has 2 rings (SSSR count). The average molecular weight is 248 g/mol. The fraction of sp³-hybridized carbons (Fsp3) is 0.308. The number of aliphatic hydroxyl groups excluding tert-OH is 1. The summed E-state index contributed by atoms with van der Waals surface area (Å²) in [7, 11) is 0. The second-order valence-corrected chi connectivity index (χ2v) is 3.93. The Kier molecular flexibility index (Phi) is 5.20. The molecule has 0 radical (unpaired) electrons. The van der Waals surface area contributed by atoms with Crippen LogP contribution in [0.5, 0.6) is 0 Å². The third-order valence-corrected chi connectivity index (χ3v) is 2.51. The first-order valence-electron chi connectivity index (χ1n) is 5.55. The third kappa shape index (κ3) is 4.10. The van der Waals surface area contributed by atoms with Crippen molar-refractivity contribution in [2.45, 2.75) is 26.0 Å². The van der Waals surface area contributed by atoms with Crippen molar-refractivity contribution in [2.24, 2.45) is 10.2 Å². The lowest BCUT2D eigenvalue weighted by molar-refractivity contribution is -0.146. The van der Waals surface area contributed by atoms with Gasteiger partial charge in [-0.3, -0.25) is 0 Å². The summed E-state index contributed by atoms with van der Waals surface area (Å²) in [5.74, 6) is -1.23. The Morgan fingerprint density at radius 1 is 1.33 bits per heavy atom. The summed E-state index contributed by atoms with van der Waals surface area (Å²) < 4.78 is 0. The molecule has 2 N–H and O–H groups in total. The highest BCUT2D eigenvalue weighted by Gasteiger charge is 2.14. The second kappa shape index (κ2) is 6.66. The molecule has 2 atom stereocenters. The first-order valence-corrected chi connectivity index (χ1v) is 5.55. The Hall–Kier alpha value is -2.01. The molecule has 0 bridgehead atoms. The van der Waals surface area contributed by atoms with Crippen LogP contribution >= 0.6 is 0 Å². The molecule has 1 aliphatic rings. The molecule has 0 saturated carbocycles. The third-order valence-electron chi connectivity index (χ3n) is 2.51. The topological polar surface area (TPSA) is 82.2 Å². The largest absolute Gasteiger partial charge is 0.479 e. The van der Waals surface area contributed by atoms with Gasteiger partial charge in [-0.2, -0.15) is 10.2 Å². The molecule has 1 unspecified atom stereocenters. The van der Waals surface area contributed by atoms with Crippen LogP contribution in [0.25, 0.3) is 0 Å². The molecule has 0 aliphatic carbocycles. The van der Waals surface area contributed by atoms with E-state index in [1.807, 2.05) is 13.8 Å². The predicted molar refractivity (Wildman–Crippen MR) is 67.1 cm³/mol. The molecule has 1 aromatic rings. The number of aliphatic hydroxyl groups is 1. The summed E-state index contributed by atoms with van der Waals surface area (Å²) in [5.41, 5.74) is 1.65. The van der Waals surface area contributed by atoms with E-state index in [9.17, 15) is 4.79 Å². The van der Waals surface area contributed by atoms with Crippen molar-refractivity contribution < 1.29 is 15.0 Å². The fourth-order valence-electron chi connectivity index (χ4n) is 1.20. The smallest absolute Gasteiger partial charge is 0.337 e. The molecule has 1 aliphatic heterocycles. The van der Waals surface area contributed by atoms with Gasteiger partial charge in [-0.15, -0.1) is 0 Å². The van der Waals surface area contributed by atoms with Gasteiger partial charge in [0.05, 0.1) is 12.2 Å². The van der Waals surface area contributed by atoms with Gasteiger partial charge in [0.2, 0.25) is 0 Å². The summed E-state index contributed by atoms with van der Waals surface area (Å²) in [6, 6.07) is 8.60. The highest BCUT2D eigenvalue weighted by Crippen LogP contribution is 2.11. The van der Waals surface area contributed by atoms with Gasteiger partial charge in [0.25, 0.3) is 0 Å². The highest BCUT2D eigenvalue weighted by molar-refractivity contribution is 5.73. The number of benzene rings is 1. The fourth-order valence-corrected chi connectivity index (χ4v) is 1.20. The van der Waals surface area contributed by atoms with E-state index in [-0.39, 0.29) is 0 Å². The Labute approximate surface area is 105 Å². The zero-order valence-corrected chi connectivity index (χ0v) is 10.3. The zero-order chi connectivity index (χ0) is 13.5. The summed E-state index contributed by atoms with van der Waals surface area (Å²) >= 11 is 0. The van der Waals surface area contributed by atoms with Gasteiger partial charge in [-0.25, -0.2) is 4.79 Å². The Balaban J connectivity index is 0.000000199. The lowest BCUT2D eigenvalue weighted by Gasteiger charge is -2.03. The molecule has 5 nitrogen and oxygen atoms in total. The monoisotopic (exact) mass is 248 g/mol. The lowest BCUT2D eigenvalue weighted by atomic mass is 10.1. The van der Waals surface area contributed by atoms with Crippen LogP contribution in [0.15, 0.2) is 52.3 Å². The van der Waals surface area contributed by atoms with Gasteiger partial charge < -0.3 is 10.2 Å². The first-order chi connectivity index (χ1) is 8.52. The zero-order valence-electron chi connectivity index (χ0n) is 10.3. The maximum absolute atomic E-state index is 10.2. The lowest BCUT2D eigenvalue weighted by Crippen LogP contribution is -2.09. The molecule has 0 spiro atoms. The first kappa shape index (κ1) is 14.1. The second-order valence-electron chi connectivity index (χ2n) is 3.93. The van der Waals surface area contributed by atoms with Crippen molar-refractivity contribution in [3.8, 4) is 0 Å². The molecule has 0 saturated heterocycles. The number of rotatable bonds is 2. The number of azo groups is 1. The van der Waals surface area contributed by atoms with Crippen LogP contribution in [0.3, 0.4) is 0 Å². The number of carbonyl (C=O) groups is 1. The maximum Gasteiger partial charge on any atom is 0.337 e. The molecule has 0 amide bonds. The van der Waals surface area contributed by atoms with Crippen molar-refractivity contribution >= 4 is 5.97 Å². The number of hydrogen-bond acceptors (Lipinski definition) is 4. The molecular weight excluding hydrogens is 232 g/mol. The predicted octanol–water partition coefficient (Wildman–Crippen LogP) is 2.55. The molecule has 96 valence electrons. The Morgan fingerprint density at radius 2 is 1.94 bits per heavy atom. The summed E-state index contributed by atoms with van der Waals surface area (Å²) in [6.45, 7) is 4.06. The van der Waals surface area contributed by atoms with Crippen molar-refractivity contribution in [3.63, 3.8) is 0 Å². The number of hydrogen-bond donors (Lipinski definition) is 2. The molecule has 0 aromatic heterocycles. The Morgan fingerprint density at radius 3 is 2.28 bits per heavy atom. The van der Waals surface area contributed by atoms with Crippen molar-refractivity contribution in [3.05, 3.63) is 47.7 Å². The van der Waals surface area contributed by atoms with E-state index < -0.39 is 12.1 Å². The number of carboxylic acids is 1. The quantitative estimate of drug-likeness (QED) is 0.843. The van der Waals surface area contributed by atoms with Crippen molar-refractivity contribution in [1.29, 1.82) is 0 Å². The van der Waals surface area contributed by atoms with Crippen LogP contribution in [-0.4, -0.2) is 22.2 Å². The standard InChI is InChI=1S/C8H8O3.C5H8N2/c9-7(8(10)11)6-4-2-1-3-5-6;1-4-3-6-7-5(4)2/h1-5,7,9H,(H,10,11);3,5H,1-2H3/t7-;/m1./s1. The van der Waals surface area contributed by atoms with Crippen LogP contribution in [0.1, 0.15) is 25.5 Å². The highest BCUT2D eigenvalue weighted by atomic mass is 16.4. The summed E-state index contributed by atoms with van der Waals surface area (Å²) in [4.78, 5) is 10.2. The number of carboxylic acid groups (broad SMARTS) is 1. The maximum atomic E-state index is 10.2. The van der Waals surface area contributed by atoms with Gasteiger partial charge in [-0.05, 0) is 25.0 Å². The van der Waals surface area contributed by atoms with E-state index in [1.54, 1.807) is 36.5 Å². The van der Waals surface area contributed by atoms with Crippen LogP contribution in [0, 0.1) is 0 Å². The van der Waals surface area contributed by atoms with E-state index in [2.05, 4.69) is 10.2 Å². The van der Waals surface area contributed by atoms with Crippen LogP contribution in [0.4, 0.5) is 0 Å². The van der Waals surface area contributed by atoms with Crippen molar-refractivity contribution in [2.75, 3.05) is 0 Å². The van der Waals surface area contributed by atoms with Crippen LogP contribution in [0.2, 0.25) is 0 Å². The van der Waals surface area contributed by atoms with E-state index in [1.165, 1.54) is 5.57 Å². The molecular formula is C13H16N2O3. The van der Waals surface area contributed by atoms with Gasteiger partial charge in [0.15, 0.2) is 6.10 Å². The van der Waals surface area contributed by atoms with E-state index in [0.29, 0.717) is 11.6 Å². The SMILES string of the molecule is CC1=CN=NC1C.O=C(O)[C@H](O)c1ccccc1. The molecule has 1 heterocycles. The molecule has 18 heavy (non-hydrogen) atoms. The number of aliphatic carboxylic acids is 1. The normalized spacial score (nSPS) is 18.6. The summed E-state index contributed by atoms with van der Waals surface area (Å²) in [6.07, 6.45) is 0.390. The number of nitrogens with zero attached hydrogens (tertiary/aromatic N) is 2.